The highest BCUT2D eigenvalue weighted by molar-refractivity contribution is 7.86. The van der Waals surface area contributed by atoms with Crippen LogP contribution in [-0.2, 0) is 10.1 Å². The number of hydrogen-bond acceptors (Lipinski definition) is 6. The molecule has 17 heavy (non-hydrogen) atoms. The third-order valence-corrected chi connectivity index (χ3v) is 4.78. The second kappa shape index (κ2) is 4.38. The Hall–Kier alpha value is -0.950. The van der Waals surface area contributed by atoms with Crippen LogP contribution in [0.4, 0.5) is 0 Å². The molecule has 1 fully saturated rings. The maximum atomic E-state index is 11.2. The fraction of sp³-hybridized carbons (Fsp3) is 0.800. The molecule has 0 N–H and O–H groups in total. The van der Waals surface area contributed by atoms with E-state index in [0.717, 1.165) is 6.42 Å². The normalized spacial score (nSPS) is 30.4. The van der Waals surface area contributed by atoms with Crippen LogP contribution in [0, 0.1) is 12.8 Å². The van der Waals surface area contributed by atoms with Gasteiger partial charge in [0, 0.05) is 12.8 Å². The van der Waals surface area contributed by atoms with Crippen LogP contribution in [0.25, 0.3) is 0 Å². The van der Waals surface area contributed by atoms with Gasteiger partial charge in [0.1, 0.15) is 0 Å². The summed E-state index contributed by atoms with van der Waals surface area (Å²) < 4.78 is 38.8. The molecule has 96 valence electrons. The lowest BCUT2D eigenvalue weighted by Crippen LogP contribution is -2.34. The molecule has 0 saturated heterocycles. The van der Waals surface area contributed by atoms with Crippen molar-refractivity contribution in [3.63, 3.8) is 0 Å². The Kier molecular flexibility index (Phi) is 3.22. The van der Waals surface area contributed by atoms with Crippen LogP contribution in [-0.4, -0.2) is 28.4 Å². The molecule has 2 rings (SSSR count). The van der Waals surface area contributed by atoms with Crippen LogP contribution in [0.3, 0.4) is 0 Å². The molecule has 0 spiro atoms. The summed E-state index contributed by atoms with van der Waals surface area (Å²) in [7, 11) is -4.25. The molecular formula is C10H15N2O4S-. The van der Waals surface area contributed by atoms with E-state index < -0.39 is 15.4 Å². The number of aryl methyl sites for hydroxylation is 1. The Morgan fingerprint density at radius 3 is 2.59 bits per heavy atom. The molecule has 1 heterocycles. The van der Waals surface area contributed by atoms with Gasteiger partial charge < -0.3 is 8.97 Å². The van der Waals surface area contributed by atoms with Gasteiger partial charge in [-0.1, -0.05) is 6.92 Å². The molecule has 3 unspecified atom stereocenters. The maximum Gasteiger partial charge on any atom is 0.219 e. The van der Waals surface area contributed by atoms with E-state index in [0.29, 0.717) is 18.2 Å². The zero-order chi connectivity index (χ0) is 12.6. The molecule has 0 radical (unpaired) electrons. The SMILES string of the molecule is Cc1nnc(C2CCC(C)C(S(=O)(=O)[O-])C2)o1. The Morgan fingerprint density at radius 2 is 2.06 bits per heavy atom. The molecule has 0 bridgehead atoms. The van der Waals surface area contributed by atoms with Crippen molar-refractivity contribution in [3.05, 3.63) is 11.8 Å². The predicted molar refractivity (Wildman–Crippen MR) is 58.3 cm³/mol. The minimum absolute atomic E-state index is 0.0993. The number of hydrogen-bond donors (Lipinski definition) is 0. The van der Waals surface area contributed by atoms with E-state index in [1.165, 1.54) is 0 Å². The molecule has 0 aliphatic heterocycles. The second-order valence-corrected chi connectivity index (χ2v) is 6.27. The molecule has 1 aromatic rings. The molecule has 1 saturated carbocycles. The first-order chi connectivity index (χ1) is 7.88. The molecule has 1 aromatic heterocycles. The second-order valence-electron chi connectivity index (χ2n) is 4.68. The smallest absolute Gasteiger partial charge is 0.219 e. The monoisotopic (exact) mass is 259 g/mol. The van der Waals surface area contributed by atoms with Crippen LogP contribution in [0.2, 0.25) is 0 Å². The van der Waals surface area contributed by atoms with E-state index in [1.54, 1.807) is 13.8 Å². The van der Waals surface area contributed by atoms with Crippen molar-refractivity contribution >= 4 is 10.1 Å². The molecule has 7 heteroatoms. The summed E-state index contributed by atoms with van der Waals surface area (Å²) in [4.78, 5) is 0. The van der Waals surface area contributed by atoms with Gasteiger partial charge in [-0.15, -0.1) is 10.2 Å². The average molecular weight is 259 g/mol. The minimum atomic E-state index is -4.25. The lowest BCUT2D eigenvalue weighted by molar-refractivity contribution is 0.292. The van der Waals surface area contributed by atoms with Gasteiger partial charge in [-0.25, -0.2) is 8.42 Å². The first kappa shape index (κ1) is 12.5. The quantitative estimate of drug-likeness (QED) is 0.740. The molecule has 0 amide bonds. The molecule has 0 aromatic carbocycles. The number of rotatable bonds is 2. The average Bonchev–Trinajstić information content (AvgIpc) is 2.64. The van der Waals surface area contributed by atoms with Gasteiger partial charge in [0.15, 0.2) is 0 Å². The largest absolute Gasteiger partial charge is 0.748 e. The lowest BCUT2D eigenvalue weighted by Gasteiger charge is -2.34. The standard InChI is InChI=1S/C10H16N2O4S/c1-6-3-4-8(5-9(6)17(13,14)15)10-12-11-7(2)16-10/h6,8-9H,3-5H2,1-2H3,(H,13,14,15)/p-1. The first-order valence-corrected chi connectivity index (χ1v) is 7.09. The van der Waals surface area contributed by atoms with E-state index in [1.807, 2.05) is 0 Å². The summed E-state index contributed by atoms with van der Waals surface area (Å²) in [5.41, 5.74) is 0. The summed E-state index contributed by atoms with van der Waals surface area (Å²) in [5, 5.41) is 6.78. The highest BCUT2D eigenvalue weighted by Gasteiger charge is 2.34. The van der Waals surface area contributed by atoms with E-state index in [2.05, 4.69) is 10.2 Å². The number of aromatic nitrogens is 2. The summed E-state index contributed by atoms with van der Waals surface area (Å²) in [6, 6.07) is 0. The van der Waals surface area contributed by atoms with Gasteiger partial charge in [-0.3, -0.25) is 0 Å². The first-order valence-electron chi connectivity index (χ1n) is 5.62. The van der Waals surface area contributed by atoms with E-state index >= 15 is 0 Å². The third-order valence-electron chi connectivity index (χ3n) is 3.38. The third kappa shape index (κ3) is 2.66. The van der Waals surface area contributed by atoms with Gasteiger partial charge in [0.2, 0.25) is 11.8 Å². The van der Waals surface area contributed by atoms with Crippen LogP contribution in [0.15, 0.2) is 4.42 Å². The van der Waals surface area contributed by atoms with Gasteiger partial charge >= 0.3 is 0 Å². The van der Waals surface area contributed by atoms with Crippen LogP contribution < -0.4 is 0 Å². The van der Waals surface area contributed by atoms with Crippen molar-refractivity contribution in [1.29, 1.82) is 0 Å². The van der Waals surface area contributed by atoms with Crippen molar-refractivity contribution in [2.45, 2.75) is 44.3 Å². The Balaban J connectivity index is 2.18. The Bertz CT molecular complexity index is 496. The molecule has 1 aliphatic carbocycles. The zero-order valence-electron chi connectivity index (χ0n) is 9.79. The van der Waals surface area contributed by atoms with E-state index in [4.69, 9.17) is 4.42 Å². The zero-order valence-corrected chi connectivity index (χ0v) is 10.6. The van der Waals surface area contributed by atoms with Crippen LogP contribution in [0.1, 0.15) is 43.9 Å². The van der Waals surface area contributed by atoms with Crippen LogP contribution >= 0.6 is 0 Å². The summed E-state index contributed by atoms with van der Waals surface area (Å²) in [5.74, 6) is 0.696. The number of nitrogens with zero attached hydrogens (tertiary/aromatic N) is 2. The predicted octanol–water partition coefficient (Wildman–Crippen LogP) is 1.20. The Morgan fingerprint density at radius 1 is 1.35 bits per heavy atom. The van der Waals surface area contributed by atoms with Crippen molar-refractivity contribution in [3.8, 4) is 0 Å². The summed E-state index contributed by atoms with van der Waals surface area (Å²) in [6.45, 7) is 3.49. The van der Waals surface area contributed by atoms with Gasteiger partial charge in [0.25, 0.3) is 0 Å². The highest BCUT2D eigenvalue weighted by Crippen LogP contribution is 2.37. The molecule has 1 aliphatic rings. The maximum absolute atomic E-state index is 11.2. The van der Waals surface area contributed by atoms with Gasteiger partial charge in [0.05, 0.1) is 15.4 Å². The lowest BCUT2D eigenvalue weighted by atomic mass is 9.82. The topological polar surface area (TPSA) is 96.1 Å². The van der Waals surface area contributed by atoms with Crippen molar-refractivity contribution in [1.82, 2.24) is 10.2 Å². The fourth-order valence-corrected chi connectivity index (χ4v) is 3.56. The van der Waals surface area contributed by atoms with Crippen molar-refractivity contribution in [2.75, 3.05) is 0 Å². The minimum Gasteiger partial charge on any atom is -0.748 e. The highest BCUT2D eigenvalue weighted by atomic mass is 32.2. The van der Waals surface area contributed by atoms with Crippen LogP contribution in [0.5, 0.6) is 0 Å². The molecule has 3 atom stereocenters. The Labute approximate surface area is 100 Å². The van der Waals surface area contributed by atoms with E-state index in [9.17, 15) is 13.0 Å². The van der Waals surface area contributed by atoms with Gasteiger partial charge in [-0.05, 0) is 25.2 Å². The van der Waals surface area contributed by atoms with Crippen molar-refractivity contribution in [2.24, 2.45) is 5.92 Å². The van der Waals surface area contributed by atoms with Gasteiger partial charge in [-0.2, -0.15) is 0 Å². The van der Waals surface area contributed by atoms with Crippen molar-refractivity contribution < 1.29 is 17.4 Å². The summed E-state index contributed by atoms with van der Waals surface area (Å²) >= 11 is 0. The summed E-state index contributed by atoms with van der Waals surface area (Å²) in [6.07, 6.45) is 1.77. The molecular weight excluding hydrogens is 244 g/mol. The molecule has 6 nitrogen and oxygen atoms in total. The fourth-order valence-electron chi connectivity index (χ4n) is 2.38. The van der Waals surface area contributed by atoms with E-state index in [-0.39, 0.29) is 18.3 Å².